The summed E-state index contributed by atoms with van der Waals surface area (Å²) in [4.78, 5) is 11.8. The number of rotatable bonds is 7. The number of carbonyl (C=O) groups is 1. The Bertz CT molecular complexity index is 761. The highest BCUT2D eigenvalue weighted by Gasteiger charge is 2.08. The van der Waals surface area contributed by atoms with Crippen molar-refractivity contribution in [2.45, 2.75) is 6.54 Å². The second kappa shape index (κ2) is 7.64. The summed E-state index contributed by atoms with van der Waals surface area (Å²) in [5.74, 6) is 0.324. The van der Waals surface area contributed by atoms with Crippen molar-refractivity contribution in [2.24, 2.45) is 0 Å². The predicted octanol–water partition coefficient (Wildman–Crippen LogP) is 1.75. The minimum absolute atomic E-state index is 0.105. The smallest absolute Gasteiger partial charge is 0.258 e. The van der Waals surface area contributed by atoms with Gasteiger partial charge in [0, 0.05) is 6.54 Å². The zero-order chi connectivity index (χ0) is 16.7. The molecule has 1 amide bonds. The number of hydrogen-bond donors (Lipinski definition) is 2. The van der Waals surface area contributed by atoms with Crippen LogP contribution in [0.2, 0.25) is 0 Å². The molecule has 7 heteroatoms. The van der Waals surface area contributed by atoms with E-state index in [0.717, 1.165) is 6.26 Å². The third-order valence-electron chi connectivity index (χ3n) is 2.90. The van der Waals surface area contributed by atoms with Crippen LogP contribution >= 0.6 is 0 Å². The molecule has 0 spiro atoms. The quantitative estimate of drug-likeness (QED) is 0.808. The molecule has 0 saturated heterocycles. The van der Waals surface area contributed by atoms with E-state index in [9.17, 15) is 13.2 Å². The molecule has 2 N–H and O–H groups in total. The molecule has 2 rings (SSSR count). The molecule has 0 fully saturated rings. The SMILES string of the molecule is CS(=O)(=O)Nc1ccccc1CNC(=O)COc1ccccc1. The Morgan fingerprint density at radius 3 is 2.39 bits per heavy atom. The second-order valence-electron chi connectivity index (χ2n) is 4.91. The lowest BCUT2D eigenvalue weighted by Gasteiger charge is -2.12. The molecule has 2 aromatic rings. The number of amides is 1. The first-order valence-corrected chi connectivity index (χ1v) is 8.83. The largest absolute Gasteiger partial charge is 0.484 e. The van der Waals surface area contributed by atoms with Gasteiger partial charge in [0.2, 0.25) is 10.0 Å². The lowest BCUT2D eigenvalue weighted by molar-refractivity contribution is -0.123. The van der Waals surface area contributed by atoms with E-state index in [4.69, 9.17) is 4.74 Å². The van der Waals surface area contributed by atoms with Gasteiger partial charge in [-0.15, -0.1) is 0 Å². The zero-order valence-electron chi connectivity index (χ0n) is 12.7. The predicted molar refractivity (Wildman–Crippen MR) is 88.7 cm³/mol. The molecule has 0 aliphatic rings. The monoisotopic (exact) mass is 334 g/mol. The van der Waals surface area contributed by atoms with Gasteiger partial charge in [-0.2, -0.15) is 0 Å². The lowest BCUT2D eigenvalue weighted by Crippen LogP contribution is -2.28. The van der Waals surface area contributed by atoms with Crippen molar-refractivity contribution < 1.29 is 17.9 Å². The van der Waals surface area contributed by atoms with E-state index in [2.05, 4.69) is 10.0 Å². The maximum absolute atomic E-state index is 11.8. The summed E-state index contributed by atoms with van der Waals surface area (Å²) in [5.41, 5.74) is 1.12. The molecule has 23 heavy (non-hydrogen) atoms. The Morgan fingerprint density at radius 2 is 1.70 bits per heavy atom. The fourth-order valence-corrected chi connectivity index (χ4v) is 2.48. The summed E-state index contributed by atoms with van der Waals surface area (Å²) >= 11 is 0. The number of sulfonamides is 1. The summed E-state index contributed by atoms with van der Waals surface area (Å²) in [5, 5.41) is 2.70. The van der Waals surface area contributed by atoms with Gasteiger partial charge in [0.15, 0.2) is 6.61 Å². The number of ether oxygens (including phenoxy) is 1. The fourth-order valence-electron chi connectivity index (χ4n) is 1.88. The Labute approximate surface area is 135 Å². The van der Waals surface area contributed by atoms with Crippen molar-refractivity contribution in [3.05, 3.63) is 60.2 Å². The minimum Gasteiger partial charge on any atom is -0.484 e. The summed E-state index contributed by atoms with van der Waals surface area (Å²) in [7, 11) is -3.37. The average molecular weight is 334 g/mol. The molecule has 2 aromatic carbocycles. The van der Waals surface area contributed by atoms with E-state index in [1.807, 2.05) is 18.2 Å². The number of carbonyl (C=O) groups excluding carboxylic acids is 1. The highest BCUT2D eigenvalue weighted by Crippen LogP contribution is 2.16. The van der Waals surface area contributed by atoms with E-state index in [1.165, 1.54) is 0 Å². The van der Waals surface area contributed by atoms with Crippen LogP contribution in [0.3, 0.4) is 0 Å². The summed E-state index contributed by atoms with van der Waals surface area (Å²) in [6, 6.07) is 15.9. The van der Waals surface area contributed by atoms with E-state index in [-0.39, 0.29) is 19.1 Å². The van der Waals surface area contributed by atoms with E-state index in [0.29, 0.717) is 17.0 Å². The standard InChI is InChI=1S/C16H18N2O4S/c1-23(20,21)18-15-10-6-5-7-13(15)11-17-16(19)12-22-14-8-3-2-4-9-14/h2-10,18H,11-12H2,1H3,(H,17,19). The molecule has 0 aromatic heterocycles. The molecule has 6 nitrogen and oxygen atoms in total. The average Bonchev–Trinajstić information content (AvgIpc) is 2.51. The van der Waals surface area contributed by atoms with Crippen molar-refractivity contribution in [3.8, 4) is 5.75 Å². The van der Waals surface area contributed by atoms with Crippen LogP contribution in [0.1, 0.15) is 5.56 Å². The van der Waals surface area contributed by atoms with Crippen LogP contribution in [0.25, 0.3) is 0 Å². The molecular weight excluding hydrogens is 316 g/mol. The molecule has 0 aliphatic carbocycles. The van der Waals surface area contributed by atoms with Crippen LogP contribution < -0.4 is 14.8 Å². The van der Waals surface area contributed by atoms with Crippen molar-refractivity contribution in [1.82, 2.24) is 5.32 Å². The zero-order valence-corrected chi connectivity index (χ0v) is 13.5. The topological polar surface area (TPSA) is 84.5 Å². The Kier molecular flexibility index (Phi) is 5.59. The van der Waals surface area contributed by atoms with Gasteiger partial charge in [0.25, 0.3) is 5.91 Å². The second-order valence-corrected chi connectivity index (χ2v) is 6.66. The maximum atomic E-state index is 11.8. The van der Waals surface area contributed by atoms with Gasteiger partial charge in [-0.1, -0.05) is 36.4 Å². The first-order valence-electron chi connectivity index (χ1n) is 6.94. The van der Waals surface area contributed by atoms with E-state index >= 15 is 0 Å². The van der Waals surface area contributed by atoms with Gasteiger partial charge in [-0.25, -0.2) is 8.42 Å². The molecule has 0 radical (unpaired) electrons. The van der Waals surface area contributed by atoms with Gasteiger partial charge in [0.05, 0.1) is 11.9 Å². The van der Waals surface area contributed by atoms with Crippen LogP contribution in [-0.2, 0) is 21.4 Å². The number of hydrogen-bond acceptors (Lipinski definition) is 4. The summed E-state index contributed by atoms with van der Waals surface area (Å²) in [6.07, 6.45) is 1.08. The van der Waals surface area contributed by atoms with Gasteiger partial charge in [-0.05, 0) is 23.8 Å². The van der Waals surface area contributed by atoms with Gasteiger partial charge in [0.1, 0.15) is 5.75 Å². The van der Waals surface area contributed by atoms with Gasteiger partial charge < -0.3 is 10.1 Å². The molecule has 0 bridgehead atoms. The molecular formula is C16H18N2O4S. The van der Waals surface area contributed by atoms with Gasteiger partial charge >= 0.3 is 0 Å². The summed E-state index contributed by atoms with van der Waals surface area (Å²) in [6.45, 7) is 0.0986. The number of benzene rings is 2. The molecule has 0 saturated carbocycles. The molecule has 122 valence electrons. The third-order valence-corrected chi connectivity index (χ3v) is 3.49. The van der Waals surface area contributed by atoms with Crippen LogP contribution in [0.4, 0.5) is 5.69 Å². The normalized spacial score (nSPS) is 10.8. The summed E-state index contributed by atoms with van der Waals surface area (Å²) < 4.78 is 30.4. The Hall–Kier alpha value is -2.54. The number of anilines is 1. The van der Waals surface area contributed by atoms with Crippen molar-refractivity contribution in [1.29, 1.82) is 0 Å². The van der Waals surface area contributed by atoms with E-state index in [1.54, 1.807) is 36.4 Å². The molecule has 0 unspecified atom stereocenters. The lowest BCUT2D eigenvalue weighted by atomic mass is 10.2. The first-order chi connectivity index (χ1) is 10.9. The van der Waals surface area contributed by atoms with Crippen molar-refractivity contribution in [2.75, 3.05) is 17.6 Å². The molecule has 0 aliphatic heterocycles. The van der Waals surface area contributed by atoms with Gasteiger partial charge in [-0.3, -0.25) is 9.52 Å². The van der Waals surface area contributed by atoms with Crippen LogP contribution in [0.5, 0.6) is 5.75 Å². The minimum atomic E-state index is -3.37. The molecule has 0 heterocycles. The van der Waals surface area contributed by atoms with Crippen LogP contribution in [0.15, 0.2) is 54.6 Å². The maximum Gasteiger partial charge on any atom is 0.258 e. The number of nitrogens with one attached hydrogen (secondary N) is 2. The number of para-hydroxylation sites is 2. The highest BCUT2D eigenvalue weighted by atomic mass is 32.2. The first kappa shape index (κ1) is 16.8. The van der Waals surface area contributed by atoms with Crippen LogP contribution in [0, 0.1) is 0 Å². The van der Waals surface area contributed by atoms with E-state index < -0.39 is 10.0 Å². The fraction of sp³-hybridized carbons (Fsp3) is 0.188. The third kappa shape index (κ3) is 5.99. The Balaban J connectivity index is 1.89. The Morgan fingerprint density at radius 1 is 1.04 bits per heavy atom. The van der Waals surface area contributed by atoms with Crippen molar-refractivity contribution >= 4 is 21.6 Å². The molecule has 0 atom stereocenters. The van der Waals surface area contributed by atoms with Crippen LogP contribution in [-0.4, -0.2) is 27.2 Å². The highest BCUT2D eigenvalue weighted by molar-refractivity contribution is 7.92. The van der Waals surface area contributed by atoms with Crippen molar-refractivity contribution in [3.63, 3.8) is 0 Å².